The molecule has 1 aromatic rings. The maximum Gasteiger partial charge on any atom is 0.226 e. The Kier molecular flexibility index (Phi) is 4.84. The van der Waals surface area contributed by atoms with Crippen molar-refractivity contribution >= 4 is 18.3 Å². The number of carbonyl (C=O) groups excluding carboxylic acids is 1. The lowest BCUT2D eigenvalue weighted by atomic mass is 10.1. The van der Waals surface area contributed by atoms with E-state index in [0.717, 1.165) is 37.6 Å². The molecule has 1 saturated carbocycles. The van der Waals surface area contributed by atoms with Crippen LogP contribution in [0.4, 0.5) is 8.78 Å². The van der Waals surface area contributed by atoms with Gasteiger partial charge in [-0.25, -0.2) is 8.78 Å². The van der Waals surface area contributed by atoms with E-state index in [1.54, 1.807) is 6.07 Å². The van der Waals surface area contributed by atoms with Gasteiger partial charge in [-0.05, 0) is 43.0 Å². The highest BCUT2D eigenvalue weighted by Crippen LogP contribution is 2.48. The molecular formula is C15H19ClF2N2O. The van der Waals surface area contributed by atoms with Crippen molar-refractivity contribution in [3.63, 3.8) is 0 Å². The Bertz CT molecular complexity index is 534. The van der Waals surface area contributed by atoms with Crippen LogP contribution in [0.15, 0.2) is 18.2 Å². The van der Waals surface area contributed by atoms with Crippen LogP contribution in [0.2, 0.25) is 0 Å². The lowest BCUT2D eigenvalue weighted by Crippen LogP contribution is -2.39. The number of amides is 1. The van der Waals surface area contributed by atoms with Crippen LogP contribution in [-0.4, -0.2) is 37.0 Å². The van der Waals surface area contributed by atoms with E-state index in [4.69, 9.17) is 0 Å². The number of halogens is 3. The van der Waals surface area contributed by atoms with E-state index in [1.165, 1.54) is 6.07 Å². The Balaban J connectivity index is 0.00000161. The lowest BCUT2D eigenvalue weighted by Gasteiger charge is -2.24. The van der Waals surface area contributed by atoms with E-state index in [1.807, 2.05) is 11.9 Å². The van der Waals surface area contributed by atoms with Crippen LogP contribution < -0.4 is 5.32 Å². The van der Waals surface area contributed by atoms with Crippen molar-refractivity contribution in [2.45, 2.75) is 24.8 Å². The third-order valence-corrected chi connectivity index (χ3v) is 4.41. The summed E-state index contributed by atoms with van der Waals surface area (Å²) >= 11 is 0. The average Bonchev–Trinajstić information content (AvgIpc) is 3.05. The van der Waals surface area contributed by atoms with Gasteiger partial charge in [0.2, 0.25) is 5.91 Å². The molecular weight excluding hydrogens is 298 g/mol. The van der Waals surface area contributed by atoms with Gasteiger partial charge in [0.15, 0.2) is 11.6 Å². The topological polar surface area (TPSA) is 32.3 Å². The summed E-state index contributed by atoms with van der Waals surface area (Å²) in [5.41, 5.74) is 0.722. The van der Waals surface area contributed by atoms with E-state index in [0.29, 0.717) is 0 Å². The van der Waals surface area contributed by atoms with E-state index < -0.39 is 11.6 Å². The molecule has 0 spiro atoms. The number of benzene rings is 1. The molecule has 0 aromatic heterocycles. The lowest BCUT2D eigenvalue weighted by molar-refractivity contribution is -0.133. The molecule has 116 valence electrons. The van der Waals surface area contributed by atoms with Crippen LogP contribution in [0.3, 0.4) is 0 Å². The second-order valence-corrected chi connectivity index (χ2v) is 5.72. The van der Waals surface area contributed by atoms with Gasteiger partial charge in [-0.15, -0.1) is 12.4 Å². The van der Waals surface area contributed by atoms with Crippen molar-refractivity contribution in [1.29, 1.82) is 0 Å². The van der Waals surface area contributed by atoms with E-state index >= 15 is 0 Å². The van der Waals surface area contributed by atoms with Gasteiger partial charge >= 0.3 is 0 Å². The first kappa shape index (κ1) is 16.2. The summed E-state index contributed by atoms with van der Waals surface area (Å²) in [6.45, 7) is 1.78. The molecule has 3 unspecified atom stereocenters. The first-order valence-corrected chi connectivity index (χ1v) is 7.00. The van der Waals surface area contributed by atoms with E-state index in [-0.39, 0.29) is 36.2 Å². The molecule has 21 heavy (non-hydrogen) atoms. The van der Waals surface area contributed by atoms with Crippen LogP contribution >= 0.6 is 12.4 Å². The molecule has 3 atom stereocenters. The molecule has 3 nitrogen and oxygen atoms in total. The SMILES string of the molecule is CN(C(=O)C1CC1c1ccc(F)c(F)c1)C1CCNC1.Cl. The third kappa shape index (κ3) is 3.19. The van der Waals surface area contributed by atoms with Crippen LogP contribution in [-0.2, 0) is 4.79 Å². The molecule has 1 amide bonds. The minimum Gasteiger partial charge on any atom is -0.341 e. The monoisotopic (exact) mass is 316 g/mol. The van der Waals surface area contributed by atoms with Gasteiger partial charge in [-0.1, -0.05) is 6.07 Å². The minimum absolute atomic E-state index is 0. The smallest absolute Gasteiger partial charge is 0.226 e. The molecule has 2 aliphatic rings. The highest BCUT2D eigenvalue weighted by atomic mass is 35.5. The molecule has 0 bridgehead atoms. The zero-order valence-electron chi connectivity index (χ0n) is 11.8. The second kappa shape index (κ2) is 6.28. The summed E-state index contributed by atoms with van der Waals surface area (Å²) in [4.78, 5) is 14.2. The zero-order chi connectivity index (χ0) is 14.3. The molecule has 1 N–H and O–H groups in total. The molecule has 6 heteroatoms. The first-order valence-electron chi connectivity index (χ1n) is 7.00. The summed E-state index contributed by atoms with van der Waals surface area (Å²) in [5, 5.41) is 3.24. The maximum absolute atomic E-state index is 13.2. The predicted octanol–water partition coefficient (Wildman–Crippen LogP) is 2.31. The normalized spacial score (nSPS) is 27.1. The van der Waals surface area contributed by atoms with Crippen molar-refractivity contribution in [1.82, 2.24) is 10.2 Å². The Morgan fingerprint density at radius 3 is 2.71 bits per heavy atom. The zero-order valence-corrected chi connectivity index (χ0v) is 12.6. The van der Waals surface area contributed by atoms with Gasteiger partial charge in [0.1, 0.15) is 0 Å². The Morgan fingerprint density at radius 1 is 1.33 bits per heavy atom. The number of nitrogens with one attached hydrogen (secondary N) is 1. The fourth-order valence-electron chi connectivity index (χ4n) is 2.99. The Hall–Kier alpha value is -1.20. The summed E-state index contributed by atoms with van der Waals surface area (Å²) in [6, 6.07) is 4.18. The summed E-state index contributed by atoms with van der Waals surface area (Å²) in [5.74, 6) is -1.60. The van der Waals surface area contributed by atoms with Gasteiger partial charge in [-0.3, -0.25) is 4.79 Å². The van der Waals surface area contributed by atoms with Crippen molar-refractivity contribution in [3.8, 4) is 0 Å². The van der Waals surface area contributed by atoms with E-state index in [9.17, 15) is 13.6 Å². The van der Waals surface area contributed by atoms with Crippen LogP contribution in [0.1, 0.15) is 24.3 Å². The van der Waals surface area contributed by atoms with Crippen LogP contribution in [0.5, 0.6) is 0 Å². The minimum atomic E-state index is -0.841. The quantitative estimate of drug-likeness (QED) is 0.928. The average molecular weight is 317 g/mol. The van der Waals surface area contributed by atoms with Gasteiger partial charge < -0.3 is 10.2 Å². The molecule has 1 heterocycles. The molecule has 1 saturated heterocycles. The molecule has 1 aliphatic heterocycles. The number of rotatable bonds is 3. The number of carbonyl (C=O) groups is 1. The predicted molar refractivity (Wildman–Crippen MR) is 78.5 cm³/mol. The Morgan fingerprint density at radius 2 is 2.10 bits per heavy atom. The van der Waals surface area contributed by atoms with Gasteiger partial charge in [-0.2, -0.15) is 0 Å². The van der Waals surface area contributed by atoms with Crippen LogP contribution in [0.25, 0.3) is 0 Å². The highest BCUT2D eigenvalue weighted by Gasteiger charge is 2.46. The van der Waals surface area contributed by atoms with Crippen molar-refractivity contribution in [3.05, 3.63) is 35.4 Å². The second-order valence-electron chi connectivity index (χ2n) is 5.72. The van der Waals surface area contributed by atoms with Crippen molar-refractivity contribution in [2.24, 2.45) is 5.92 Å². The number of nitrogens with zero attached hydrogens (tertiary/aromatic N) is 1. The largest absolute Gasteiger partial charge is 0.341 e. The first-order chi connectivity index (χ1) is 9.58. The summed E-state index contributed by atoms with van der Waals surface area (Å²) < 4.78 is 26.1. The van der Waals surface area contributed by atoms with Crippen molar-refractivity contribution < 1.29 is 13.6 Å². The molecule has 1 aliphatic carbocycles. The van der Waals surface area contributed by atoms with Gasteiger partial charge in [0.05, 0.1) is 0 Å². The summed E-state index contributed by atoms with van der Waals surface area (Å²) in [6.07, 6.45) is 1.71. The number of likely N-dealkylation sites (N-methyl/N-ethyl adjacent to an activating group) is 1. The highest BCUT2D eigenvalue weighted by molar-refractivity contribution is 5.85. The van der Waals surface area contributed by atoms with Crippen molar-refractivity contribution in [2.75, 3.05) is 20.1 Å². The molecule has 1 aromatic carbocycles. The molecule has 3 rings (SSSR count). The Labute approximate surface area is 129 Å². The molecule has 0 radical (unpaired) electrons. The number of hydrogen-bond acceptors (Lipinski definition) is 2. The maximum atomic E-state index is 13.2. The van der Waals surface area contributed by atoms with Gasteiger partial charge in [0.25, 0.3) is 0 Å². The van der Waals surface area contributed by atoms with E-state index in [2.05, 4.69) is 5.32 Å². The fourth-order valence-corrected chi connectivity index (χ4v) is 2.99. The summed E-state index contributed by atoms with van der Waals surface area (Å²) in [7, 11) is 1.83. The van der Waals surface area contributed by atoms with Gasteiger partial charge in [0, 0.05) is 25.6 Å². The third-order valence-electron chi connectivity index (χ3n) is 4.41. The molecule has 2 fully saturated rings. The van der Waals surface area contributed by atoms with Crippen LogP contribution in [0, 0.1) is 17.6 Å². The standard InChI is InChI=1S/C15H18F2N2O.ClH/c1-19(10-4-5-18-8-10)15(20)12-7-11(12)9-2-3-13(16)14(17)6-9;/h2-3,6,10-12,18H,4-5,7-8H2,1H3;1H. The number of hydrogen-bond donors (Lipinski definition) is 1. The fraction of sp³-hybridized carbons (Fsp3) is 0.533.